The van der Waals surface area contributed by atoms with Gasteiger partial charge in [-0.1, -0.05) is 56.3 Å². The zero-order chi connectivity index (χ0) is 40.6. The van der Waals surface area contributed by atoms with Gasteiger partial charge in [0.2, 0.25) is 23.1 Å². The van der Waals surface area contributed by atoms with Crippen LogP contribution in [0.1, 0.15) is 72.9 Å². The molecule has 3 amide bonds. The van der Waals surface area contributed by atoms with Gasteiger partial charge in [0, 0.05) is 55.7 Å². The molecule has 6 rings (SSSR count). The van der Waals surface area contributed by atoms with Gasteiger partial charge in [-0.2, -0.15) is 0 Å². The third-order valence-corrected chi connectivity index (χ3v) is 9.76. The fourth-order valence-corrected chi connectivity index (χ4v) is 6.37. The number of ether oxygens (including phenoxy) is 2. The summed E-state index contributed by atoms with van der Waals surface area (Å²) < 4.78 is 18.5. The van der Waals surface area contributed by atoms with Gasteiger partial charge in [0.05, 0.1) is 5.52 Å². The predicted molar refractivity (Wildman–Crippen MR) is 210 cm³/mol. The maximum Gasteiger partial charge on any atom is 0.410 e. The Morgan fingerprint density at radius 3 is 2.19 bits per heavy atom. The van der Waals surface area contributed by atoms with E-state index in [4.69, 9.17) is 13.9 Å². The van der Waals surface area contributed by atoms with Crippen molar-refractivity contribution in [1.82, 2.24) is 25.0 Å². The average Bonchev–Trinajstić information content (AvgIpc) is 3.71. The number of carbonyl (C=O) groups is 4. The van der Waals surface area contributed by atoms with Crippen molar-refractivity contribution in [2.75, 3.05) is 36.4 Å². The van der Waals surface area contributed by atoms with E-state index in [1.807, 2.05) is 57.2 Å². The van der Waals surface area contributed by atoms with E-state index in [-0.39, 0.29) is 42.4 Å². The van der Waals surface area contributed by atoms with Crippen molar-refractivity contribution in [3.05, 3.63) is 118 Å². The van der Waals surface area contributed by atoms with Gasteiger partial charge >= 0.3 is 18.2 Å². The number of aromatic nitrogens is 3. The number of pyridine rings is 1. The van der Waals surface area contributed by atoms with Gasteiger partial charge in [-0.15, -0.1) is 10.2 Å². The molecule has 16 heteroatoms. The van der Waals surface area contributed by atoms with Crippen LogP contribution in [0.4, 0.5) is 21.0 Å². The molecule has 0 saturated carbocycles. The molecule has 2 aromatic heterocycles. The number of carboxylic acid groups (broad SMARTS) is 1. The number of rotatable bonds is 13. The first-order valence-corrected chi connectivity index (χ1v) is 18.7. The molecule has 0 spiro atoms. The first kappa shape index (κ1) is 40.0. The van der Waals surface area contributed by atoms with Gasteiger partial charge in [0.25, 0.3) is 0 Å². The zero-order valence-corrected chi connectivity index (χ0v) is 32.1. The first-order valence-electron chi connectivity index (χ1n) is 18.7. The number of aryl methyl sites for hydroxylation is 1. The molecule has 2 atom stereocenters. The molecule has 1 fully saturated rings. The molecule has 1 aliphatic heterocycles. The third-order valence-electron chi connectivity index (χ3n) is 9.76. The number of piperazine rings is 1. The van der Waals surface area contributed by atoms with Gasteiger partial charge in [-0.25, -0.2) is 14.4 Å². The smallest absolute Gasteiger partial charge is 0.410 e. The molecule has 5 aromatic rings. The normalized spacial score (nSPS) is 13.9. The van der Waals surface area contributed by atoms with Crippen LogP contribution in [0.3, 0.4) is 0 Å². The number of amides is 3. The van der Waals surface area contributed by atoms with Crippen LogP contribution in [0.15, 0.2) is 88.2 Å². The second kappa shape index (κ2) is 17.8. The summed E-state index contributed by atoms with van der Waals surface area (Å²) in [5, 5.41) is 23.6. The van der Waals surface area contributed by atoms with Crippen LogP contribution in [0.25, 0.3) is 10.9 Å². The van der Waals surface area contributed by atoms with Crippen LogP contribution in [0.2, 0.25) is 0 Å². The summed E-state index contributed by atoms with van der Waals surface area (Å²) in [6.45, 7) is 9.87. The topological polar surface area (TPSA) is 198 Å². The second-order valence-electron chi connectivity index (χ2n) is 14.0. The Hall–Kier alpha value is -6.71. The largest absolute Gasteiger partial charge is 0.477 e. The molecule has 1 saturated heterocycles. The molecule has 3 heterocycles. The van der Waals surface area contributed by atoms with Crippen molar-refractivity contribution >= 4 is 46.3 Å². The maximum atomic E-state index is 13.1. The molecule has 0 radical (unpaired) electrons. The summed E-state index contributed by atoms with van der Waals surface area (Å²) in [5.41, 5.74) is 2.84. The quantitative estimate of drug-likeness (QED) is 0.128. The fraction of sp³-hybridized carbons (Fsp3) is 0.341. The Labute approximate surface area is 328 Å². The zero-order valence-electron chi connectivity index (χ0n) is 32.1. The minimum absolute atomic E-state index is 0.0385. The van der Waals surface area contributed by atoms with E-state index in [9.17, 15) is 29.1 Å². The molecule has 1 unspecified atom stereocenters. The number of aromatic carboxylic acids is 1. The van der Waals surface area contributed by atoms with Crippen molar-refractivity contribution in [2.24, 2.45) is 5.92 Å². The average molecular weight is 780 g/mol. The highest BCUT2D eigenvalue weighted by molar-refractivity contribution is 5.95. The number of fused-ring (bicyclic) bond motifs is 1. The maximum absolute atomic E-state index is 13.1. The number of benzene rings is 3. The lowest BCUT2D eigenvalue weighted by Gasteiger charge is -2.35. The number of nitrogens with zero attached hydrogens (tertiary/aromatic N) is 5. The Kier molecular flexibility index (Phi) is 12.5. The molecule has 3 aromatic carbocycles. The van der Waals surface area contributed by atoms with Gasteiger partial charge < -0.3 is 44.0 Å². The van der Waals surface area contributed by atoms with Crippen LogP contribution in [0.5, 0.6) is 0 Å². The van der Waals surface area contributed by atoms with E-state index >= 15 is 0 Å². The van der Waals surface area contributed by atoms with Crippen LogP contribution >= 0.6 is 0 Å². The van der Waals surface area contributed by atoms with Crippen LogP contribution in [-0.4, -0.2) is 75.0 Å². The van der Waals surface area contributed by atoms with Crippen LogP contribution < -0.4 is 21.0 Å². The fourth-order valence-electron chi connectivity index (χ4n) is 6.37. The number of carbonyl (C=O) groups excluding carboxylic acids is 3. The summed E-state index contributed by atoms with van der Waals surface area (Å²) in [6, 6.07) is 20.9. The molecule has 0 aliphatic carbocycles. The van der Waals surface area contributed by atoms with Gasteiger partial charge in [0.15, 0.2) is 0 Å². The van der Waals surface area contributed by atoms with E-state index < -0.39 is 35.5 Å². The summed E-state index contributed by atoms with van der Waals surface area (Å²) >= 11 is 0. The van der Waals surface area contributed by atoms with Crippen LogP contribution in [-0.2, 0) is 34.0 Å². The van der Waals surface area contributed by atoms with E-state index in [0.717, 1.165) is 16.8 Å². The molecule has 1 aliphatic rings. The highest BCUT2D eigenvalue weighted by Crippen LogP contribution is 2.26. The van der Waals surface area contributed by atoms with Crippen LogP contribution in [0, 0.1) is 5.92 Å². The molecular weight excluding hydrogens is 734 g/mol. The summed E-state index contributed by atoms with van der Waals surface area (Å²) in [5.74, 6) is -2.29. The first-order chi connectivity index (χ1) is 27.4. The number of hydrogen-bond acceptors (Lipinski definition) is 11. The SMILES string of the molecule is CCn1cc(C(=O)O)c(=O)c2ccc(N3CCN(C(=O)OCc4ccc(NC(=O)C(C)c5nnc([C@@H](NC(=O)OCc6ccccc6)C(C)C)o5)cc4)CC3)cc21. The van der Waals surface area contributed by atoms with Crippen molar-refractivity contribution < 1.29 is 38.2 Å². The number of hydrogen-bond donors (Lipinski definition) is 3. The molecular formula is C41H45N7O9. The van der Waals surface area contributed by atoms with E-state index in [0.29, 0.717) is 49.3 Å². The van der Waals surface area contributed by atoms with Crippen molar-refractivity contribution in [3.63, 3.8) is 0 Å². The monoisotopic (exact) mass is 779 g/mol. The standard InChI is InChI=1S/C41H45N7O9/c1-5-46-22-32(39(51)52)35(49)31-16-15-30(21-33(31)46)47-17-19-48(20-18-47)41(54)56-24-28-11-13-29(14-12-28)42-36(50)26(4)37-44-45-38(57-37)34(25(2)3)43-40(53)55-23-27-9-7-6-8-10-27/h6-16,21-22,25-26,34H,5,17-20,23-24H2,1-4H3,(H,42,50)(H,43,53)(H,51,52)/t26?,34-/m0/s1. The predicted octanol–water partition coefficient (Wildman–Crippen LogP) is 5.93. The summed E-state index contributed by atoms with van der Waals surface area (Å²) in [4.78, 5) is 66.6. The number of alkyl carbamates (subject to hydrolysis) is 1. The Bertz CT molecular complexity index is 2280. The van der Waals surface area contributed by atoms with Gasteiger partial charge in [-0.3, -0.25) is 9.59 Å². The van der Waals surface area contributed by atoms with E-state index in [2.05, 4.69) is 25.7 Å². The van der Waals surface area contributed by atoms with Crippen molar-refractivity contribution in [1.29, 1.82) is 0 Å². The Balaban J connectivity index is 0.963. The molecule has 16 nitrogen and oxygen atoms in total. The van der Waals surface area contributed by atoms with Gasteiger partial charge in [-0.05, 0) is 61.2 Å². The Morgan fingerprint density at radius 1 is 0.860 bits per heavy atom. The lowest BCUT2D eigenvalue weighted by Crippen LogP contribution is -2.49. The second-order valence-corrected chi connectivity index (χ2v) is 14.0. The minimum Gasteiger partial charge on any atom is -0.477 e. The lowest BCUT2D eigenvalue weighted by molar-refractivity contribution is -0.117. The number of anilines is 2. The summed E-state index contributed by atoms with van der Waals surface area (Å²) in [6.07, 6.45) is 0.297. The minimum atomic E-state index is -1.26. The highest BCUT2D eigenvalue weighted by atomic mass is 16.6. The number of carboxylic acids is 1. The van der Waals surface area contributed by atoms with Crippen molar-refractivity contribution in [3.8, 4) is 0 Å². The third kappa shape index (κ3) is 9.58. The summed E-state index contributed by atoms with van der Waals surface area (Å²) in [7, 11) is 0. The van der Waals surface area contributed by atoms with E-state index in [1.54, 1.807) is 52.8 Å². The number of nitrogens with one attached hydrogen (secondary N) is 2. The highest BCUT2D eigenvalue weighted by Gasteiger charge is 2.29. The van der Waals surface area contributed by atoms with E-state index in [1.165, 1.54) is 6.20 Å². The van der Waals surface area contributed by atoms with Crippen molar-refractivity contribution in [2.45, 2.75) is 59.4 Å². The Morgan fingerprint density at radius 2 is 1.53 bits per heavy atom. The molecule has 0 bridgehead atoms. The molecule has 57 heavy (non-hydrogen) atoms. The lowest BCUT2D eigenvalue weighted by atomic mass is 10.1. The molecule has 3 N–H and O–H groups in total. The molecule has 298 valence electrons. The van der Waals surface area contributed by atoms with Gasteiger partial charge in [0.1, 0.15) is 30.7 Å².